The topological polar surface area (TPSA) is 87.0 Å². The third kappa shape index (κ3) is 2.18. The average molecular weight is 312 g/mol. The van der Waals surface area contributed by atoms with Crippen molar-refractivity contribution in [2.75, 3.05) is 0 Å². The third-order valence-corrected chi connectivity index (χ3v) is 4.18. The molecule has 1 saturated heterocycles. The van der Waals surface area contributed by atoms with Crippen molar-refractivity contribution in [3.63, 3.8) is 0 Å². The molecule has 3 unspecified atom stereocenters. The predicted molar refractivity (Wildman–Crippen MR) is 83.4 cm³/mol. The lowest BCUT2D eigenvalue weighted by molar-refractivity contribution is -0.162. The fraction of sp³-hybridized carbons (Fsp3) is 0.294. The van der Waals surface area contributed by atoms with E-state index in [2.05, 4.69) is 11.6 Å². The number of aliphatic imine (C=N–C) groups is 1. The Hall–Kier alpha value is -2.76. The lowest BCUT2D eigenvalue weighted by Gasteiger charge is -2.44. The van der Waals surface area contributed by atoms with Crippen LogP contribution in [-0.4, -0.2) is 51.5 Å². The molecular formula is C17H16N2O4. The number of rotatable bonds is 4. The lowest BCUT2D eigenvalue weighted by Crippen LogP contribution is -2.69. The van der Waals surface area contributed by atoms with Gasteiger partial charge in [-0.3, -0.25) is 14.6 Å². The Morgan fingerprint density at radius 2 is 1.91 bits per heavy atom. The fourth-order valence-electron chi connectivity index (χ4n) is 3.02. The van der Waals surface area contributed by atoms with Crippen LogP contribution in [0.3, 0.4) is 0 Å². The maximum Gasteiger partial charge on any atom is 0.330 e. The number of fused-ring (bicyclic) bond motifs is 1. The number of β-lactam (4-membered cyclic amide) rings is 1. The molecule has 1 amide bonds. The Bertz CT molecular complexity index is 749. The van der Waals surface area contributed by atoms with Crippen LogP contribution in [-0.2, 0) is 14.4 Å². The summed E-state index contributed by atoms with van der Waals surface area (Å²) in [6.45, 7) is 7.08. The molecule has 2 heterocycles. The highest BCUT2D eigenvalue weighted by molar-refractivity contribution is 6.51. The van der Waals surface area contributed by atoms with E-state index < -0.39 is 30.0 Å². The molecule has 0 bridgehead atoms. The molecule has 1 aromatic rings. The molecule has 0 saturated carbocycles. The van der Waals surface area contributed by atoms with Crippen LogP contribution in [0.5, 0.6) is 0 Å². The second-order valence-corrected chi connectivity index (χ2v) is 5.93. The van der Waals surface area contributed by atoms with E-state index in [1.807, 2.05) is 19.1 Å². The van der Waals surface area contributed by atoms with Gasteiger partial charge in [0.05, 0.1) is 0 Å². The summed E-state index contributed by atoms with van der Waals surface area (Å²) in [6, 6.07) is 4.44. The van der Waals surface area contributed by atoms with E-state index in [0.29, 0.717) is 11.1 Å². The Morgan fingerprint density at radius 3 is 2.43 bits per heavy atom. The molecular weight excluding hydrogens is 296 g/mol. The van der Waals surface area contributed by atoms with Gasteiger partial charge in [-0.2, -0.15) is 0 Å². The fourth-order valence-corrected chi connectivity index (χ4v) is 3.02. The quantitative estimate of drug-likeness (QED) is 0.663. The molecule has 3 atom stereocenters. The van der Waals surface area contributed by atoms with Crippen molar-refractivity contribution in [2.24, 2.45) is 4.99 Å². The zero-order valence-corrected chi connectivity index (χ0v) is 12.8. The lowest BCUT2D eigenvalue weighted by atomic mass is 9.88. The molecule has 6 nitrogen and oxygen atoms in total. The number of carbonyl (C=O) groups is 3. The van der Waals surface area contributed by atoms with Gasteiger partial charge in [0.15, 0.2) is 12.1 Å². The Kier molecular flexibility index (Phi) is 3.39. The summed E-state index contributed by atoms with van der Waals surface area (Å²) in [7, 11) is 0. The number of ketones is 1. The number of benzene rings is 1. The summed E-state index contributed by atoms with van der Waals surface area (Å²) in [6.07, 6.45) is 0. The van der Waals surface area contributed by atoms with Crippen LogP contribution in [0, 0.1) is 6.92 Å². The van der Waals surface area contributed by atoms with Gasteiger partial charge in [-0.1, -0.05) is 36.4 Å². The number of aryl methyl sites for hydroxylation is 1. The van der Waals surface area contributed by atoms with Crippen molar-refractivity contribution in [1.82, 2.24) is 4.90 Å². The highest BCUT2D eigenvalue weighted by Gasteiger charge is 2.60. The van der Waals surface area contributed by atoms with E-state index in [1.54, 1.807) is 12.1 Å². The molecule has 6 heteroatoms. The maximum absolute atomic E-state index is 12.6. The molecule has 0 spiro atoms. The predicted octanol–water partition coefficient (Wildman–Crippen LogP) is 0.976. The Morgan fingerprint density at radius 1 is 1.30 bits per heavy atom. The van der Waals surface area contributed by atoms with E-state index in [1.165, 1.54) is 6.92 Å². The van der Waals surface area contributed by atoms with E-state index in [9.17, 15) is 19.5 Å². The smallest absolute Gasteiger partial charge is 0.330 e. The van der Waals surface area contributed by atoms with Gasteiger partial charge in [0.2, 0.25) is 5.78 Å². The van der Waals surface area contributed by atoms with Crippen LogP contribution in [0.4, 0.5) is 0 Å². The number of carbonyl (C=O) groups excluding carboxylic acids is 2. The number of carboxylic acids is 1. The number of amides is 1. The van der Waals surface area contributed by atoms with Gasteiger partial charge < -0.3 is 10.0 Å². The average Bonchev–Trinajstić information content (AvgIpc) is 2.78. The highest BCUT2D eigenvalue weighted by Crippen LogP contribution is 2.34. The van der Waals surface area contributed by atoms with Crippen LogP contribution in [0.25, 0.3) is 0 Å². The molecule has 2 aliphatic rings. The SMILES string of the molecule is C=C(C)C(C(=O)O)N1C(=O)C2N=C(c3ccc(C)cc3)C(=O)C21. The summed E-state index contributed by atoms with van der Waals surface area (Å²) in [5, 5.41) is 9.31. The van der Waals surface area contributed by atoms with Crippen LogP contribution >= 0.6 is 0 Å². The van der Waals surface area contributed by atoms with Crippen LogP contribution in [0.15, 0.2) is 41.4 Å². The van der Waals surface area contributed by atoms with E-state index >= 15 is 0 Å². The van der Waals surface area contributed by atoms with Gasteiger partial charge in [-0.25, -0.2) is 4.79 Å². The van der Waals surface area contributed by atoms with Gasteiger partial charge in [-0.15, -0.1) is 0 Å². The Balaban J connectivity index is 1.92. The first-order chi connectivity index (χ1) is 10.8. The van der Waals surface area contributed by atoms with Gasteiger partial charge in [0.25, 0.3) is 5.91 Å². The first-order valence-electron chi connectivity index (χ1n) is 7.22. The maximum atomic E-state index is 12.6. The monoisotopic (exact) mass is 312 g/mol. The standard InChI is InChI=1S/C17H16N2O4/c1-8(2)13(17(22)23)19-14-12(16(19)21)18-11(15(14)20)10-6-4-9(3)5-7-10/h4-7,12-14H,1H2,2-3H3,(H,22,23). The van der Waals surface area contributed by atoms with Crippen molar-refractivity contribution in [3.05, 3.63) is 47.5 Å². The van der Waals surface area contributed by atoms with E-state index in [4.69, 9.17) is 0 Å². The highest BCUT2D eigenvalue weighted by atomic mass is 16.4. The zero-order chi connectivity index (χ0) is 16.9. The van der Waals surface area contributed by atoms with Crippen molar-refractivity contribution in [2.45, 2.75) is 32.0 Å². The minimum Gasteiger partial charge on any atom is -0.479 e. The number of likely N-dealkylation sites (tertiary alicyclic amines) is 1. The summed E-state index contributed by atoms with van der Waals surface area (Å²) in [4.78, 5) is 41.6. The van der Waals surface area contributed by atoms with E-state index in [-0.39, 0.29) is 11.5 Å². The number of hydrogen-bond acceptors (Lipinski definition) is 4. The molecule has 0 aromatic heterocycles. The molecule has 3 rings (SSSR count). The normalized spacial score (nSPS) is 23.9. The van der Waals surface area contributed by atoms with Gasteiger partial charge in [0.1, 0.15) is 11.8 Å². The number of hydrogen-bond donors (Lipinski definition) is 1. The number of nitrogens with zero attached hydrogens (tertiary/aromatic N) is 2. The minimum atomic E-state index is -1.19. The summed E-state index contributed by atoms with van der Waals surface area (Å²) in [5.74, 6) is -1.95. The first kappa shape index (κ1) is 15.1. The van der Waals surface area contributed by atoms with Gasteiger partial charge in [-0.05, 0) is 19.4 Å². The molecule has 1 fully saturated rings. The van der Waals surface area contributed by atoms with Crippen LogP contribution < -0.4 is 0 Å². The molecule has 23 heavy (non-hydrogen) atoms. The molecule has 118 valence electrons. The molecule has 1 aromatic carbocycles. The van der Waals surface area contributed by atoms with E-state index in [0.717, 1.165) is 10.5 Å². The number of carboxylic acid groups (broad SMARTS) is 1. The van der Waals surface area contributed by atoms with Crippen LogP contribution in [0.2, 0.25) is 0 Å². The summed E-state index contributed by atoms with van der Waals surface area (Å²) in [5.41, 5.74) is 2.24. The van der Waals surface area contributed by atoms with Crippen LogP contribution in [0.1, 0.15) is 18.1 Å². The van der Waals surface area contributed by atoms with Crippen molar-refractivity contribution in [3.8, 4) is 0 Å². The second-order valence-electron chi connectivity index (χ2n) is 5.93. The molecule has 0 radical (unpaired) electrons. The molecule has 2 aliphatic heterocycles. The molecule has 0 aliphatic carbocycles. The zero-order valence-electron chi connectivity index (χ0n) is 12.8. The van der Waals surface area contributed by atoms with Gasteiger partial charge in [0, 0.05) is 5.56 Å². The largest absolute Gasteiger partial charge is 0.479 e. The third-order valence-electron chi connectivity index (χ3n) is 4.18. The summed E-state index contributed by atoms with van der Waals surface area (Å²) >= 11 is 0. The Labute approximate surface area is 133 Å². The first-order valence-corrected chi connectivity index (χ1v) is 7.22. The van der Waals surface area contributed by atoms with Crippen molar-refractivity contribution in [1.29, 1.82) is 0 Å². The number of aliphatic carboxylic acids is 1. The van der Waals surface area contributed by atoms with Crippen molar-refractivity contribution < 1.29 is 19.5 Å². The van der Waals surface area contributed by atoms with Gasteiger partial charge >= 0.3 is 5.97 Å². The number of Topliss-reactive ketones (excluding diaryl/α,β-unsaturated/α-hetero) is 1. The summed E-state index contributed by atoms with van der Waals surface area (Å²) < 4.78 is 0. The molecule has 1 N–H and O–H groups in total. The second kappa shape index (κ2) is 5.15. The van der Waals surface area contributed by atoms with Crippen molar-refractivity contribution >= 4 is 23.4 Å². The minimum absolute atomic E-state index is 0.238.